The summed E-state index contributed by atoms with van der Waals surface area (Å²) in [5, 5.41) is 2.83. The van der Waals surface area contributed by atoms with Crippen LogP contribution in [0.4, 0.5) is 5.69 Å². The fourth-order valence-electron chi connectivity index (χ4n) is 2.77. The van der Waals surface area contributed by atoms with E-state index in [1.54, 1.807) is 24.3 Å². The Morgan fingerprint density at radius 1 is 1.32 bits per heavy atom. The predicted molar refractivity (Wildman–Crippen MR) is 92.4 cm³/mol. The molecule has 1 atom stereocenters. The summed E-state index contributed by atoms with van der Waals surface area (Å²) in [5.41, 5.74) is 0.730. The Hall–Kier alpha value is -2.41. The lowest BCUT2D eigenvalue weighted by Gasteiger charge is -2.23. The lowest BCUT2D eigenvalue weighted by molar-refractivity contribution is -0.121. The summed E-state index contributed by atoms with van der Waals surface area (Å²) in [6.45, 7) is 2.81. The molecule has 1 aliphatic rings. The minimum Gasteiger partial charge on any atom is -0.465 e. The average Bonchev–Trinajstić information content (AvgIpc) is 3.13. The monoisotopic (exact) mass is 348 g/mol. The number of para-hydroxylation sites is 1. The second-order valence-corrected chi connectivity index (χ2v) is 5.87. The number of hydrogen-bond acceptors (Lipinski definition) is 5. The average molecular weight is 348 g/mol. The van der Waals surface area contributed by atoms with Crippen molar-refractivity contribution in [1.82, 2.24) is 5.32 Å². The Labute approximate surface area is 147 Å². The van der Waals surface area contributed by atoms with Gasteiger partial charge in [0.05, 0.1) is 24.5 Å². The van der Waals surface area contributed by atoms with E-state index in [2.05, 4.69) is 5.32 Å². The largest absolute Gasteiger partial charge is 0.465 e. The molecule has 1 unspecified atom stereocenters. The van der Waals surface area contributed by atoms with Gasteiger partial charge >= 0.3 is 5.97 Å². The molecule has 1 N–H and O–H groups in total. The van der Waals surface area contributed by atoms with Crippen molar-refractivity contribution in [3.63, 3.8) is 0 Å². The number of nitrogens with one attached hydrogen (secondary N) is 1. The van der Waals surface area contributed by atoms with Gasteiger partial charge in [0.25, 0.3) is 0 Å². The van der Waals surface area contributed by atoms with Gasteiger partial charge in [-0.05, 0) is 25.0 Å². The highest BCUT2D eigenvalue weighted by atomic mass is 16.5. The molecule has 1 aromatic rings. The molecule has 1 aliphatic heterocycles. The molecule has 0 bridgehead atoms. The van der Waals surface area contributed by atoms with Gasteiger partial charge in [0.2, 0.25) is 11.8 Å². The molecular formula is C18H24N2O5. The van der Waals surface area contributed by atoms with Crippen LogP contribution in [-0.2, 0) is 19.1 Å². The van der Waals surface area contributed by atoms with E-state index < -0.39 is 5.97 Å². The van der Waals surface area contributed by atoms with E-state index in [1.165, 1.54) is 18.9 Å². The summed E-state index contributed by atoms with van der Waals surface area (Å²) < 4.78 is 10.2. The highest BCUT2D eigenvalue weighted by Crippen LogP contribution is 2.22. The molecular weight excluding hydrogens is 324 g/mol. The Morgan fingerprint density at radius 3 is 2.72 bits per heavy atom. The molecule has 2 rings (SSSR count). The maximum Gasteiger partial charge on any atom is 0.339 e. The minimum atomic E-state index is -0.523. The first-order valence-corrected chi connectivity index (χ1v) is 8.36. The van der Waals surface area contributed by atoms with Crippen molar-refractivity contribution in [3.05, 3.63) is 29.8 Å². The highest BCUT2D eigenvalue weighted by Gasteiger charge is 2.21. The summed E-state index contributed by atoms with van der Waals surface area (Å²) in [5.74, 6) is -0.926. The molecule has 0 spiro atoms. The van der Waals surface area contributed by atoms with Crippen LogP contribution in [0.1, 0.15) is 36.5 Å². The third-order valence-electron chi connectivity index (χ3n) is 4.09. The molecule has 7 nitrogen and oxygen atoms in total. The first kappa shape index (κ1) is 18.9. The van der Waals surface area contributed by atoms with Gasteiger partial charge in [0.1, 0.15) is 0 Å². The molecule has 2 amide bonds. The van der Waals surface area contributed by atoms with Crippen LogP contribution in [-0.4, -0.2) is 50.7 Å². The van der Waals surface area contributed by atoms with Gasteiger partial charge in [-0.15, -0.1) is 0 Å². The van der Waals surface area contributed by atoms with E-state index in [-0.39, 0.29) is 30.9 Å². The summed E-state index contributed by atoms with van der Waals surface area (Å²) in [6.07, 6.45) is 2.19. The predicted octanol–water partition coefficient (Wildman–Crippen LogP) is 1.51. The van der Waals surface area contributed by atoms with Crippen molar-refractivity contribution < 1.29 is 23.9 Å². The van der Waals surface area contributed by atoms with Crippen LogP contribution in [0.2, 0.25) is 0 Å². The maximum absolute atomic E-state index is 12.0. The number of ether oxygens (including phenoxy) is 2. The van der Waals surface area contributed by atoms with Crippen molar-refractivity contribution in [2.75, 3.05) is 31.7 Å². The Balaban J connectivity index is 1.98. The number of carbonyl (C=O) groups is 3. The fraction of sp³-hybridized carbons (Fsp3) is 0.500. The van der Waals surface area contributed by atoms with Gasteiger partial charge in [-0.25, -0.2) is 4.79 Å². The molecule has 1 fully saturated rings. The molecule has 136 valence electrons. The summed E-state index contributed by atoms with van der Waals surface area (Å²) in [6, 6.07) is 6.68. The summed E-state index contributed by atoms with van der Waals surface area (Å²) in [7, 11) is 1.29. The molecule has 7 heteroatoms. The first-order valence-electron chi connectivity index (χ1n) is 8.36. The van der Waals surface area contributed by atoms with Crippen molar-refractivity contribution in [2.24, 2.45) is 0 Å². The molecule has 1 aromatic carbocycles. The zero-order valence-electron chi connectivity index (χ0n) is 14.6. The van der Waals surface area contributed by atoms with Crippen molar-refractivity contribution in [1.29, 1.82) is 0 Å². The SMILES string of the molecule is COC(=O)c1ccccc1N(CCC(=O)NCC1CCCO1)C(C)=O. The number of amides is 2. The molecule has 1 saturated heterocycles. The van der Waals surface area contributed by atoms with E-state index in [4.69, 9.17) is 9.47 Å². The number of rotatable bonds is 7. The number of anilines is 1. The molecule has 0 radical (unpaired) electrons. The Kier molecular flexibility index (Phi) is 6.94. The number of nitrogens with zero attached hydrogens (tertiary/aromatic N) is 1. The normalized spacial score (nSPS) is 16.3. The molecule has 0 aliphatic carbocycles. The van der Waals surface area contributed by atoms with Crippen molar-refractivity contribution in [2.45, 2.75) is 32.3 Å². The zero-order chi connectivity index (χ0) is 18.2. The Morgan fingerprint density at radius 2 is 2.08 bits per heavy atom. The van der Waals surface area contributed by atoms with E-state index in [9.17, 15) is 14.4 Å². The van der Waals surface area contributed by atoms with E-state index in [1.807, 2.05) is 0 Å². The van der Waals surface area contributed by atoms with E-state index in [0.717, 1.165) is 19.4 Å². The lowest BCUT2D eigenvalue weighted by Crippen LogP contribution is -2.37. The van der Waals surface area contributed by atoms with Crippen LogP contribution >= 0.6 is 0 Å². The highest BCUT2D eigenvalue weighted by molar-refractivity contribution is 6.02. The first-order chi connectivity index (χ1) is 12.0. The summed E-state index contributed by atoms with van der Waals surface area (Å²) in [4.78, 5) is 37.4. The van der Waals surface area contributed by atoms with Crippen LogP contribution in [0.15, 0.2) is 24.3 Å². The van der Waals surface area contributed by atoms with Gasteiger partial charge < -0.3 is 19.7 Å². The lowest BCUT2D eigenvalue weighted by atomic mass is 10.1. The van der Waals surface area contributed by atoms with Crippen LogP contribution in [0.3, 0.4) is 0 Å². The zero-order valence-corrected chi connectivity index (χ0v) is 14.6. The second-order valence-electron chi connectivity index (χ2n) is 5.87. The van der Waals surface area contributed by atoms with Gasteiger partial charge in [-0.1, -0.05) is 12.1 Å². The van der Waals surface area contributed by atoms with E-state index in [0.29, 0.717) is 17.8 Å². The van der Waals surface area contributed by atoms with Gasteiger partial charge in [-0.2, -0.15) is 0 Å². The molecule has 1 heterocycles. The Bertz CT molecular complexity index is 626. The number of esters is 1. The number of methoxy groups -OCH3 is 1. The quantitative estimate of drug-likeness (QED) is 0.755. The van der Waals surface area contributed by atoms with Gasteiger partial charge in [0, 0.05) is 33.0 Å². The van der Waals surface area contributed by atoms with Crippen LogP contribution in [0.5, 0.6) is 0 Å². The van der Waals surface area contributed by atoms with Crippen LogP contribution in [0.25, 0.3) is 0 Å². The molecule has 0 aromatic heterocycles. The maximum atomic E-state index is 12.0. The number of benzene rings is 1. The fourth-order valence-corrected chi connectivity index (χ4v) is 2.77. The summed E-state index contributed by atoms with van der Waals surface area (Å²) >= 11 is 0. The van der Waals surface area contributed by atoms with Crippen molar-refractivity contribution in [3.8, 4) is 0 Å². The van der Waals surface area contributed by atoms with Crippen LogP contribution < -0.4 is 10.2 Å². The molecule has 25 heavy (non-hydrogen) atoms. The smallest absolute Gasteiger partial charge is 0.339 e. The third-order valence-corrected chi connectivity index (χ3v) is 4.09. The minimum absolute atomic E-state index is 0.0768. The topological polar surface area (TPSA) is 84.9 Å². The van der Waals surface area contributed by atoms with E-state index >= 15 is 0 Å². The number of hydrogen-bond donors (Lipinski definition) is 1. The standard InChI is InChI=1S/C18H24N2O5/c1-13(21)20(16-8-4-3-7-15(16)18(23)24-2)10-9-17(22)19-12-14-6-5-11-25-14/h3-4,7-8,14H,5-6,9-12H2,1-2H3,(H,19,22). The van der Waals surface area contributed by atoms with Crippen molar-refractivity contribution >= 4 is 23.5 Å². The number of carbonyl (C=O) groups excluding carboxylic acids is 3. The molecule has 0 saturated carbocycles. The third kappa shape index (κ3) is 5.29. The second kappa shape index (κ2) is 9.17. The van der Waals surface area contributed by atoms with Gasteiger partial charge in [-0.3, -0.25) is 9.59 Å². The van der Waals surface area contributed by atoms with Gasteiger partial charge in [0.15, 0.2) is 0 Å². The van der Waals surface area contributed by atoms with Crippen LogP contribution in [0, 0.1) is 0 Å².